The number of esters is 1. The van der Waals surface area contributed by atoms with Crippen LogP contribution in [0.5, 0.6) is 0 Å². The van der Waals surface area contributed by atoms with Crippen LogP contribution in [-0.4, -0.2) is 31.9 Å². The molecule has 0 aliphatic carbocycles. The molecule has 0 spiro atoms. The molecule has 1 N–H and O–H groups in total. The Morgan fingerprint density at radius 3 is 2.57 bits per heavy atom. The van der Waals surface area contributed by atoms with Crippen molar-refractivity contribution in [1.82, 2.24) is 0 Å². The van der Waals surface area contributed by atoms with Gasteiger partial charge in [-0.15, -0.1) is 10.2 Å². The Morgan fingerprint density at radius 2 is 2.00 bits per heavy atom. The average molecular weight is 365 g/mol. The van der Waals surface area contributed by atoms with Crippen LogP contribution in [0.3, 0.4) is 0 Å². The van der Waals surface area contributed by atoms with Crippen molar-refractivity contribution in [1.29, 1.82) is 0 Å². The summed E-state index contributed by atoms with van der Waals surface area (Å²) in [4.78, 5) is 11.4. The van der Waals surface area contributed by atoms with Crippen LogP contribution >= 0.6 is 15.9 Å². The second-order valence-electron chi connectivity index (χ2n) is 3.64. The number of hydrogen-bond acceptors (Lipinski definition) is 6. The van der Waals surface area contributed by atoms with Gasteiger partial charge in [0, 0.05) is 13.2 Å². The highest BCUT2D eigenvalue weighted by molar-refractivity contribution is 9.10. The number of aliphatic hydroxyl groups is 1. The molecule has 0 amide bonds. The summed E-state index contributed by atoms with van der Waals surface area (Å²) in [5.74, 6) is -3.16. The van der Waals surface area contributed by atoms with E-state index in [4.69, 9.17) is 0 Å². The lowest BCUT2D eigenvalue weighted by Gasteiger charge is -2.03. The van der Waals surface area contributed by atoms with E-state index in [1.807, 2.05) is 0 Å². The molecule has 0 atom stereocenters. The van der Waals surface area contributed by atoms with E-state index in [9.17, 15) is 18.7 Å². The number of carbonyl (C=O) groups excluding carboxylic acids is 1. The van der Waals surface area contributed by atoms with Gasteiger partial charge in [0.05, 0.1) is 11.6 Å². The summed E-state index contributed by atoms with van der Waals surface area (Å²) in [6, 6.07) is 1.64. The van der Waals surface area contributed by atoms with Gasteiger partial charge in [0.25, 0.3) is 0 Å². The summed E-state index contributed by atoms with van der Waals surface area (Å²) < 4.78 is 35.8. The zero-order valence-electron chi connectivity index (χ0n) is 11.1. The number of carbonyl (C=O) groups is 1. The number of hydrogen-bond donors (Lipinski definition) is 1. The average Bonchev–Trinajstić information content (AvgIpc) is 2.44. The summed E-state index contributed by atoms with van der Waals surface area (Å²) in [7, 11) is 2.35. The van der Waals surface area contributed by atoms with E-state index < -0.39 is 34.7 Å². The van der Waals surface area contributed by atoms with Gasteiger partial charge in [-0.05, 0) is 22.0 Å². The van der Waals surface area contributed by atoms with Crippen LogP contribution in [0, 0.1) is 11.6 Å². The van der Waals surface area contributed by atoms with Crippen molar-refractivity contribution in [3.8, 4) is 0 Å². The maximum absolute atomic E-state index is 13.5. The molecule has 0 unspecified atom stereocenters. The molecule has 0 fully saturated rings. The minimum atomic E-state index is -0.994. The fourth-order valence-electron chi connectivity index (χ4n) is 1.21. The summed E-state index contributed by atoms with van der Waals surface area (Å²) in [5, 5.41) is 16.4. The van der Waals surface area contributed by atoms with Crippen molar-refractivity contribution >= 4 is 27.6 Å². The van der Waals surface area contributed by atoms with Crippen molar-refractivity contribution in [2.45, 2.75) is 0 Å². The maximum atomic E-state index is 13.5. The Bertz CT molecular complexity index is 605. The van der Waals surface area contributed by atoms with E-state index in [1.54, 1.807) is 0 Å². The minimum Gasteiger partial charge on any atom is -0.507 e. The third kappa shape index (κ3) is 4.57. The molecule has 0 bridgehead atoms. The molecule has 0 aliphatic heterocycles. The highest BCUT2D eigenvalue weighted by Crippen LogP contribution is 2.26. The molecule has 0 saturated heterocycles. The predicted octanol–water partition coefficient (Wildman–Crippen LogP) is 3.40. The normalized spacial score (nSPS) is 12.4. The first-order valence-electron chi connectivity index (χ1n) is 5.46. The summed E-state index contributed by atoms with van der Waals surface area (Å²) >= 11 is 2.81. The van der Waals surface area contributed by atoms with Crippen LogP contribution in [0.15, 0.2) is 38.3 Å². The molecule has 0 radical (unpaired) electrons. The van der Waals surface area contributed by atoms with Gasteiger partial charge < -0.3 is 14.6 Å². The van der Waals surface area contributed by atoms with Crippen LogP contribution in [0.25, 0.3) is 0 Å². The molecule has 114 valence electrons. The predicted molar refractivity (Wildman–Crippen MR) is 72.1 cm³/mol. The zero-order chi connectivity index (χ0) is 16.0. The number of benzene rings is 1. The quantitative estimate of drug-likeness (QED) is 0.285. The van der Waals surface area contributed by atoms with E-state index in [0.717, 1.165) is 19.2 Å². The Kier molecular flexibility index (Phi) is 6.38. The van der Waals surface area contributed by atoms with E-state index in [1.165, 1.54) is 7.11 Å². The first-order chi connectivity index (χ1) is 9.90. The molecule has 0 aliphatic rings. The first kappa shape index (κ1) is 17.2. The molecule has 1 aromatic rings. The Labute approximate surface area is 127 Å². The number of halogens is 3. The van der Waals surface area contributed by atoms with Crippen LogP contribution in [0.4, 0.5) is 14.5 Å². The molecule has 9 heteroatoms. The number of nitrogens with zero attached hydrogens (tertiary/aromatic N) is 2. The van der Waals surface area contributed by atoms with Gasteiger partial charge in [-0.25, -0.2) is 13.6 Å². The topological polar surface area (TPSA) is 80.5 Å². The zero-order valence-corrected chi connectivity index (χ0v) is 12.6. The van der Waals surface area contributed by atoms with Gasteiger partial charge in [-0.1, -0.05) is 0 Å². The van der Waals surface area contributed by atoms with Gasteiger partial charge in [-0.3, -0.25) is 0 Å². The van der Waals surface area contributed by atoms with Crippen molar-refractivity contribution in [3.63, 3.8) is 0 Å². The third-order valence-corrected chi connectivity index (χ3v) is 2.79. The monoisotopic (exact) mass is 364 g/mol. The van der Waals surface area contributed by atoms with Crippen LogP contribution in [-0.2, 0) is 14.3 Å². The second-order valence-corrected chi connectivity index (χ2v) is 4.49. The van der Waals surface area contributed by atoms with Crippen molar-refractivity contribution in [2.75, 3.05) is 20.8 Å². The molecule has 0 aromatic heterocycles. The van der Waals surface area contributed by atoms with Crippen LogP contribution < -0.4 is 0 Å². The van der Waals surface area contributed by atoms with Crippen LogP contribution in [0.1, 0.15) is 0 Å². The molecule has 1 rings (SSSR count). The van der Waals surface area contributed by atoms with Gasteiger partial charge in [-0.2, -0.15) is 0 Å². The molecule has 0 saturated carbocycles. The number of azo groups is 1. The number of aliphatic hydroxyl groups excluding tert-OH is 1. The minimum absolute atomic E-state index is 0.0788. The third-order valence-electron chi connectivity index (χ3n) is 2.18. The first-order valence-corrected chi connectivity index (χ1v) is 6.25. The summed E-state index contributed by atoms with van der Waals surface area (Å²) in [5.41, 5.74) is -1.01. The smallest absolute Gasteiger partial charge is 0.362 e. The Morgan fingerprint density at radius 1 is 1.33 bits per heavy atom. The lowest BCUT2D eigenvalue weighted by Crippen LogP contribution is -2.08. The van der Waals surface area contributed by atoms with E-state index in [2.05, 4.69) is 35.6 Å². The summed E-state index contributed by atoms with van der Waals surface area (Å²) in [6.07, 6.45) is 0. The molecule has 6 nitrogen and oxygen atoms in total. The van der Waals surface area contributed by atoms with Gasteiger partial charge in [0.1, 0.15) is 18.1 Å². The molecule has 21 heavy (non-hydrogen) atoms. The largest absolute Gasteiger partial charge is 0.507 e. The van der Waals surface area contributed by atoms with Crippen molar-refractivity contribution in [2.24, 2.45) is 10.2 Å². The molecule has 1 aromatic carbocycles. The second kappa shape index (κ2) is 7.79. The van der Waals surface area contributed by atoms with Crippen molar-refractivity contribution in [3.05, 3.63) is 39.7 Å². The number of rotatable bonds is 5. The fraction of sp³-hybridized carbons (Fsp3) is 0.250. The lowest BCUT2D eigenvalue weighted by atomic mass is 10.3. The van der Waals surface area contributed by atoms with Crippen molar-refractivity contribution < 1.29 is 28.2 Å². The molecular formula is C12H11BrF2N2O4. The lowest BCUT2D eigenvalue weighted by molar-refractivity contribution is -0.136. The Balaban J connectivity index is 3.18. The maximum Gasteiger partial charge on any atom is 0.362 e. The van der Waals surface area contributed by atoms with Gasteiger partial charge in [0.15, 0.2) is 11.6 Å². The number of ether oxygens (including phenoxy) is 2. The summed E-state index contributed by atoms with van der Waals surface area (Å²) in [6.45, 7) is -0.319. The van der Waals surface area contributed by atoms with E-state index >= 15 is 0 Å². The highest BCUT2D eigenvalue weighted by atomic mass is 79.9. The van der Waals surface area contributed by atoms with E-state index in [-0.39, 0.29) is 11.1 Å². The Hall–Kier alpha value is -1.87. The molecular weight excluding hydrogens is 354 g/mol. The molecule has 0 heterocycles. The van der Waals surface area contributed by atoms with E-state index in [0.29, 0.717) is 0 Å². The van der Waals surface area contributed by atoms with Crippen LogP contribution in [0.2, 0.25) is 0 Å². The number of methoxy groups -OCH3 is 2. The SMILES string of the molecule is COCC(O)=C(N=Nc1cc(F)c(Br)cc1F)C(=O)OC. The van der Waals surface area contributed by atoms with Gasteiger partial charge in [0.2, 0.25) is 5.70 Å². The van der Waals surface area contributed by atoms with Gasteiger partial charge >= 0.3 is 5.97 Å². The standard InChI is InChI=1S/C12H11BrF2N2O4/c1-20-5-10(18)11(12(19)21-2)17-16-9-4-7(14)6(13)3-8(9)15/h3-4,18H,5H2,1-2H3. The fourth-order valence-corrected chi connectivity index (χ4v) is 1.53. The highest BCUT2D eigenvalue weighted by Gasteiger charge is 2.16.